The van der Waals surface area contributed by atoms with E-state index in [1.807, 2.05) is 18.0 Å². The SMILES string of the molecule is CC1(C)C2=C(c3cnccc31)c1cccc(-c3cc(-c4ccccc4)cc(-c4ccccc4)c3)c1SC1=C2CNC=C1. The minimum absolute atomic E-state index is 0.118. The molecule has 2 aliphatic heterocycles. The van der Waals surface area contributed by atoms with E-state index in [-0.39, 0.29) is 5.41 Å². The number of nitrogens with zero attached hydrogens (tertiary/aromatic N) is 1. The number of pyridine rings is 1. The van der Waals surface area contributed by atoms with Crippen LogP contribution >= 0.6 is 11.8 Å². The third kappa shape index (κ3) is 3.92. The Morgan fingerprint density at radius 3 is 2.07 bits per heavy atom. The Kier molecular flexibility index (Phi) is 5.84. The minimum atomic E-state index is -0.118. The van der Waals surface area contributed by atoms with Crippen LogP contribution in [0, 0.1) is 0 Å². The summed E-state index contributed by atoms with van der Waals surface area (Å²) in [7, 11) is 0. The average Bonchev–Trinajstić information content (AvgIpc) is 3.17. The summed E-state index contributed by atoms with van der Waals surface area (Å²) in [5, 5.41) is 3.51. The zero-order chi connectivity index (χ0) is 28.3. The van der Waals surface area contributed by atoms with Gasteiger partial charge >= 0.3 is 0 Å². The lowest BCUT2D eigenvalue weighted by Crippen LogP contribution is -2.25. The topological polar surface area (TPSA) is 24.9 Å². The first-order valence-corrected chi connectivity index (χ1v) is 15.3. The monoisotopic (exact) mass is 558 g/mol. The van der Waals surface area contributed by atoms with E-state index >= 15 is 0 Å². The van der Waals surface area contributed by atoms with Crippen LogP contribution in [0.25, 0.3) is 39.0 Å². The molecule has 1 aromatic heterocycles. The standard InChI is InChI=1S/C39H30N2S/c1-39(2)34-16-18-40-23-32(34)36-31-15-9-14-30(38(31)42-35-17-19-41-24-33(35)37(36)39)29-21-27(25-10-5-3-6-11-25)20-28(22-29)26-12-7-4-8-13-26/h3-23,41H,24H2,1-2H3. The van der Waals surface area contributed by atoms with Gasteiger partial charge < -0.3 is 5.32 Å². The van der Waals surface area contributed by atoms with Gasteiger partial charge in [-0.3, -0.25) is 4.98 Å². The summed E-state index contributed by atoms with van der Waals surface area (Å²) < 4.78 is 0. The molecule has 3 heteroatoms. The molecule has 4 aromatic carbocycles. The van der Waals surface area contributed by atoms with Crippen molar-refractivity contribution >= 4 is 17.3 Å². The van der Waals surface area contributed by atoms with Gasteiger partial charge in [-0.2, -0.15) is 0 Å². The maximum absolute atomic E-state index is 4.60. The van der Waals surface area contributed by atoms with Gasteiger partial charge in [0.2, 0.25) is 0 Å². The molecule has 202 valence electrons. The Morgan fingerprint density at radius 2 is 1.36 bits per heavy atom. The van der Waals surface area contributed by atoms with Gasteiger partial charge in [0.15, 0.2) is 0 Å². The summed E-state index contributed by atoms with van der Waals surface area (Å²) in [5.74, 6) is 0. The predicted molar refractivity (Wildman–Crippen MR) is 176 cm³/mol. The van der Waals surface area contributed by atoms with Crippen LogP contribution in [-0.2, 0) is 5.41 Å². The lowest BCUT2D eigenvalue weighted by atomic mass is 9.77. The lowest BCUT2D eigenvalue weighted by Gasteiger charge is -2.28. The number of dihydropyridines is 1. The minimum Gasteiger partial charge on any atom is -0.387 e. The molecule has 0 bridgehead atoms. The first kappa shape index (κ1) is 25.1. The molecule has 1 aliphatic carbocycles. The normalized spacial score (nSPS) is 16.2. The summed E-state index contributed by atoms with van der Waals surface area (Å²) >= 11 is 1.91. The van der Waals surface area contributed by atoms with E-state index in [4.69, 9.17) is 0 Å². The number of hydrogen-bond acceptors (Lipinski definition) is 3. The van der Waals surface area contributed by atoms with Crippen molar-refractivity contribution in [1.29, 1.82) is 0 Å². The van der Waals surface area contributed by atoms with Gasteiger partial charge in [0.1, 0.15) is 0 Å². The van der Waals surface area contributed by atoms with Crippen molar-refractivity contribution in [3.05, 3.63) is 161 Å². The predicted octanol–water partition coefficient (Wildman–Crippen LogP) is 9.65. The fraction of sp³-hybridized carbons (Fsp3) is 0.103. The van der Waals surface area contributed by atoms with Gasteiger partial charge in [-0.05, 0) is 97.8 Å². The van der Waals surface area contributed by atoms with Crippen molar-refractivity contribution in [2.45, 2.75) is 24.2 Å². The van der Waals surface area contributed by atoms with Gasteiger partial charge in [0.05, 0.1) is 0 Å². The van der Waals surface area contributed by atoms with E-state index in [2.05, 4.69) is 146 Å². The molecular weight excluding hydrogens is 529 g/mol. The molecule has 1 N–H and O–H groups in total. The van der Waals surface area contributed by atoms with E-state index in [0.29, 0.717) is 0 Å². The highest BCUT2D eigenvalue weighted by Crippen LogP contribution is 2.57. The first-order valence-electron chi connectivity index (χ1n) is 14.5. The quantitative estimate of drug-likeness (QED) is 0.239. The molecule has 3 heterocycles. The number of rotatable bonds is 3. The zero-order valence-corrected chi connectivity index (χ0v) is 24.5. The van der Waals surface area contributed by atoms with E-state index < -0.39 is 0 Å². The second-order valence-electron chi connectivity index (χ2n) is 11.7. The highest BCUT2D eigenvalue weighted by atomic mass is 32.2. The molecular formula is C39H30N2S. The van der Waals surface area contributed by atoms with Crippen molar-refractivity contribution in [2.75, 3.05) is 6.54 Å². The van der Waals surface area contributed by atoms with Crippen molar-refractivity contribution in [2.24, 2.45) is 0 Å². The smallest absolute Gasteiger partial charge is 0.0409 e. The number of aromatic nitrogens is 1. The van der Waals surface area contributed by atoms with Crippen LogP contribution in [0.1, 0.15) is 30.5 Å². The number of benzene rings is 4. The maximum atomic E-state index is 4.60. The second-order valence-corrected chi connectivity index (χ2v) is 12.7. The highest BCUT2D eigenvalue weighted by molar-refractivity contribution is 8.03. The third-order valence-electron chi connectivity index (χ3n) is 8.82. The van der Waals surface area contributed by atoms with Gasteiger partial charge in [-0.25, -0.2) is 0 Å². The molecule has 0 atom stereocenters. The van der Waals surface area contributed by atoms with Gasteiger partial charge in [0.25, 0.3) is 0 Å². The molecule has 0 fully saturated rings. The zero-order valence-electron chi connectivity index (χ0n) is 23.7. The molecule has 3 aliphatic rings. The summed E-state index contributed by atoms with van der Waals surface area (Å²) in [5.41, 5.74) is 15.3. The maximum Gasteiger partial charge on any atom is 0.0409 e. The fourth-order valence-corrected chi connectivity index (χ4v) is 8.11. The van der Waals surface area contributed by atoms with Crippen LogP contribution in [-0.4, -0.2) is 11.5 Å². The van der Waals surface area contributed by atoms with Crippen LogP contribution in [0.3, 0.4) is 0 Å². The fourth-order valence-electron chi connectivity index (χ4n) is 6.88. The highest BCUT2D eigenvalue weighted by Gasteiger charge is 2.43. The van der Waals surface area contributed by atoms with Crippen LogP contribution < -0.4 is 5.32 Å². The largest absolute Gasteiger partial charge is 0.387 e. The second kappa shape index (κ2) is 9.75. The number of allylic oxidation sites excluding steroid dienone is 1. The summed E-state index contributed by atoms with van der Waals surface area (Å²) in [6.07, 6.45) is 8.36. The lowest BCUT2D eigenvalue weighted by molar-refractivity contribution is 0.637. The molecule has 0 saturated carbocycles. The molecule has 0 radical (unpaired) electrons. The molecule has 0 amide bonds. The summed E-state index contributed by atoms with van der Waals surface area (Å²) in [6, 6.07) is 37.5. The third-order valence-corrected chi connectivity index (χ3v) is 10.1. The molecule has 5 aromatic rings. The number of nitrogens with one attached hydrogen (secondary N) is 1. The number of fused-ring (bicyclic) bond motifs is 5. The summed E-state index contributed by atoms with van der Waals surface area (Å²) in [4.78, 5) is 7.23. The van der Waals surface area contributed by atoms with Crippen LogP contribution in [0.4, 0.5) is 0 Å². The molecule has 0 saturated heterocycles. The summed E-state index contributed by atoms with van der Waals surface area (Å²) in [6.45, 7) is 5.56. The van der Waals surface area contributed by atoms with Crippen LogP contribution in [0.15, 0.2) is 149 Å². The van der Waals surface area contributed by atoms with Crippen molar-refractivity contribution in [1.82, 2.24) is 10.3 Å². The van der Waals surface area contributed by atoms with E-state index in [1.165, 1.54) is 76.6 Å². The van der Waals surface area contributed by atoms with Crippen molar-refractivity contribution in [3.8, 4) is 33.4 Å². The van der Waals surface area contributed by atoms with Crippen LogP contribution in [0.5, 0.6) is 0 Å². The first-order chi connectivity index (χ1) is 20.6. The van der Waals surface area contributed by atoms with Crippen LogP contribution in [0.2, 0.25) is 0 Å². The Bertz CT molecular complexity index is 1910. The van der Waals surface area contributed by atoms with E-state index in [0.717, 1.165) is 6.54 Å². The number of hydrogen-bond donors (Lipinski definition) is 1. The van der Waals surface area contributed by atoms with Crippen molar-refractivity contribution < 1.29 is 0 Å². The Hall–Kier alpha value is -4.60. The number of thioether (sulfide) groups is 1. The molecule has 8 rings (SSSR count). The molecule has 0 unspecified atom stereocenters. The van der Waals surface area contributed by atoms with E-state index in [1.54, 1.807) is 0 Å². The Balaban J connectivity index is 1.41. The average molecular weight is 559 g/mol. The van der Waals surface area contributed by atoms with Crippen molar-refractivity contribution in [3.63, 3.8) is 0 Å². The molecule has 2 nitrogen and oxygen atoms in total. The van der Waals surface area contributed by atoms with Gasteiger partial charge in [0, 0.05) is 39.7 Å². The Labute approximate surface area is 251 Å². The Morgan fingerprint density at radius 1 is 0.690 bits per heavy atom. The van der Waals surface area contributed by atoms with E-state index in [9.17, 15) is 0 Å². The van der Waals surface area contributed by atoms with Gasteiger partial charge in [-0.1, -0.05) is 104 Å². The van der Waals surface area contributed by atoms with Gasteiger partial charge in [-0.15, -0.1) is 0 Å². The molecule has 0 spiro atoms. The molecule has 42 heavy (non-hydrogen) atoms.